The van der Waals surface area contributed by atoms with E-state index in [1.54, 1.807) is 23.9 Å². The van der Waals surface area contributed by atoms with E-state index in [2.05, 4.69) is 29.6 Å². The van der Waals surface area contributed by atoms with Gasteiger partial charge in [-0.1, -0.05) is 38.1 Å². The van der Waals surface area contributed by atoms with Crippen molar-refractivity contribution in [1.29, 1.82) is 0 Å². The number of fused-ring (bicyclic) bond motifs is 1. The van der Waals surface area contributed by atoms with Crippen LogP contribution >= 0.6 is 11.8 Å². The number of hydrogen-bond acceptors (Lipinski definition) is 5. The largest absolute Gasteiger partial charge is 0.484 e. The second kappa shape index (κ2) is 10.7. The van der Waals surface area contributed by atoms with Crippen LogP contribution in [0.15, 0.2) is 48.5 Å². The van der Waals surface area contributed by atoms with E-state index >= 15 is 0 Å². The summed E-state index contributed by atoms with van der Waals surface area (Å²) in [5, 5.41) is 10.2. The van der Waals surface area contributed by atoms with Gasteiger partial charge in [-0.25, -0.2) is 9.07 Å². The molecular weight excluding hydrogens is 455 g/mol. The van der Waals surface area contributed by atoms with Gasteiger partial charge in [-0.05, 0) is 41.3 Å². The number of halogens is 1. The third-order valence-corrected chi connectivity index (χ3v) is 6.46. The maximum Gasteiger partial charge on any atom is 0.263 e. The highest BCUT2D eigenvalue weighted by Gasteiger charge is 2.25. The van der Waals surface area contributed by atoms with Crippen molar-refractivity contribution in [3.8, 4) is 5.75 Å². The third-order valence-electron chi connectivity index (χ3n) is 5.49. The van der Waals surface area contributed by atoms with Gasteiger partial charge in [0, 0.05) is 23.6 Å². The van der Waals surface area contributed by atoms with Gasteiger partial charge in [0.25, 0.3) is 5.91 Å². The zero-order valence-electron chi connectivity index (χ0n) is 19.1. The van der Waals surface area contributed by atoms with Crippen LogP contribution in [0.25, 0.3) is 0 Å². The molecule has 1 aromatic heterocycles. The maximum absolute atomic E-state index is 13.1. The number of carbonyl (C=O) groups is 2. The molecule has 0 radical (unpaired) electrons. The van der Waals surface area contributed by atoms with Crippen LogP contribution in [0.1, 0.15) is 42.1 Å². The summed E-state index contributed by atoms with van der Waals surface area (Å²) in [6.45, 7) is 4.33. The molecule has 2 aromatic carbocycles. The average Bonchev–Trinajstić information content (AvgIpc) is 3.40. The molecule has 0 fully saturated rings. The maximum atomic E-state index is 13.1. The van der Waals surface area contributed by atoms with Gasteiger partial charge in [0.15, 0.2) is 6.61 Å². The average molecular weight is 483 g/mol. The van der Waals surface area contributed by atoms with Crippen molar-refractivity contribution < 1.29 is 18.7 Å². The number of nitrogens with zero attached hydrogens (tertiary/aromatic N) is 2. The van der Waals surface area contributed by atoms with Crippen LogP contribution in [0.3, 0.4) is 0 Å². The Balaban J connectivity index is 1.36. The van der Waals surface area contributed by atoms with E-state index in [1.807, 2.05) is 24.3 Å². The first-order valence-corrected chi connectivity index (χ1v) is 12.2. The van der Waals surface area contributed by atoms with Crippen LogP contribution in [0.4, 0.5) is 10.2 Å². The van der Waals surface area contributed by atoms with Crippen molar-refractivity contribution in [3.05, 3.63) is 76.7 Å². The Bertz CT molecular complexity index is 1160. The molecule has 7 nitrogen and oxygen atoms in total. The van der Waals surface area contributed by atoms with Crippen molar-refractivity contribution in [2.45, 2.75) is 44.4 Å². The minimum absolute atomic E-state index is 0.0357. The molecule has 0 aliphatic carbocycles. The van der Waals surface area contributed by atoms with E-state index in [1.165, 1.54) is 22.4 Å². The van der Waals surface area contributed by atoms with Gasteiger partial charge < -0.3 is 15.4 Å². The number of anilines is 1. The Morgan fingerprint density at radius 1 is 1.09 bits per heavy atom. The smallest absolute Gasteiger partial charge is 0.263 e. The van der Waals surface area contributed by atoms with Crippen LogP contribution in [0.2, 0.25) is 0 Å². The molecule has 34 heavy (non-hydrogen) atoms. The molecule has 4 rings (SSSR count). The van der Waals surface area contributed by atoms with Crippen LogP contribution in [-0.2, 0) is 34.2 Å². The molecule has 0 unspecified atom stereocenters. The van der Waals surface area contributed by atoms with Crippen molar-refractivity contribution in [3.63, 3.8) is 0 Å². The van der Waals surface area contributed by atoms with Gasteiger partial charge in [0.05, 0.1) is 5.69 Å². The van der Waals surface area contributed by atoms with Gasteiger partial charge >= 0.3 is 0 Å². The Hall–Kier alpha value is -3.33. The first-order chi connectivity index (χ1) is 16.4. The van der Waals surface area contributed by atoms with Crippen LogP contribution in [-0.4, -0.2) is 28.2 Å². The molecule has 1 aliphatic heterocycles. The second-order valence-electron chi connectivity index (χ2n) is 8.39. The fraction of sp³-hybridized carbons (Fsp3) is 0.320. The number of ether oxygens (including phenoxy) is 1. The minimum atomic E-state index is -0.323. The first kappa shape index (κ1) is 23.8. The van der Waals surface area contributed by atoms with E-state index in [4.69, 9.17) is 4.74 Å². The Labute approximate surface area is 202 Å². The van der Waals surface area contributed by atoms with Crippen LogP contribution < -0.4 is 15.4 Å². The predicted octanol–water partition coefficient (Wildman–Crippen LogP) is 4.23. The highest BCUT2D eigenvalue weighted by atomic mass is 32.2. The highest BCUT2D eigenvalue weighted by Crippen LogP contribution is 2.34. The van der Waals surface area contributed by atoms with Crippen molar-refractivity contribution in [2.24, 2.45) is 0 Å². The summed E-state index contributed by atoms with van der Waals surface area (Å²) in [6, 6.07) is 13.6. The highest BCUT2D eigenvalue weighted by molar-refractivity contribution is 7.98. The topological polar surface area (TPSA) is 85.2 Å². The number of hydrogen-bond donors (Lipinski definition) is 2. The monoisotopic (exact) mass is 482 g/mol. The molecule has 3 aromatic rings. The number of amides is 2. The van der Waals surface area contributed by atoms with E-state index in [9.17, 15) is 14.0 Å². The molecular formula is C25H27FN4O3S. The van der Waals surface area contributed by atoms with E-state index < -0.39 is 0 Å². The summed E-state index contributed by atoms with van der Waals surface area (Å²) < 4.78 is 20.2. The lowest BCUT2D eigenvalue weighted by molar-refractivity contribution is -0.122. The number of aromatic nitrogens is 2. The number of carbonyl (C=O) groups excluding carboxylic acids is 2. The lowest BCUT2D eigenvalue weighted by Gasteiger charge is -2.12. The molecule has 9 heteroatoms. The quantitative estimate of drug-likeness (QED) is 0.477. The summed E-state index contributed by atoms with van der Waals surface area (Å²) in [5.74, 6) is 2.13. The fourth-order valence-corrected chi connectivity index (χ4v) is 4.62. The summed E-state index contributed by atoms with van der Waals surface area (Å²) in [5.41, 5.74) is 3.80. The molecule has 2 amide bonds. The van der Waals surface area contributed by atoms with Crippen LogP contribution in [0.5, 0.6) is 5.75 Å². The van der Waals surface area contributed by atoms with Crippen molar-refractivity contribution in [1.82, 2.24) is 15.1 Å². The third kappa shape index (κ3) is 5.96. The number of nitrogens with one attached hydrogen (secondary N) is 2. The van der Waals surface area contributed by atoms with Gasteiger partial charge in [-0.3, -0.25) is 9.59 Å². The molecule has 0 bridgehead atoms. The van der Waals surface area contributed by atoms with Gasteiger partial charge in [-0.2, -0.15) is 16.9 Å². The lowest BCUT2D eigenvalue weighted by atomic mass is 10.0. The number of thioether (sulfide) groups is 1. The van der Waals surface area contributed by atoms with E-state index in [-0.39, 0.29) is 37.3 Å². The lowest BCUT2D eigenvalue weighted by Crippen LogP contribution is -2.29. The van der Waals surface area contributed by atoms with Gasteiger partial charge in [-0.15, -0.1) is 0 Å². The molecule has 0 saturated heterocycles. The summed E-state index contributed by atoms with van der Waals surface area (Å²) >= 11 is 1.71. The fourth-order valence-electron chi connectivity index (χ4n) is 3.58. The number of rotatable bonds is 9. The number of benzene rings is 2. The molecule has 178 valence electrons. The zero-order valence-corrected chi connectivity index (χ0v) is 20.0. The SMILES string of the molecule is CC(C)c1ccc(OCC(=O)Nc2c3c(nn2CC(=O)NCc2ccc(F)cc2)CSC3)cc1. The Morgan fingerprint density at radius 2 is 1.82 bits per heavy atom. The summed E-state index contributed by atoms with van der Waals surface area (Å²) in [4.78, 5) is 25.1. The van der Waals surface area contributed by atoms with Crippen molar-refractivity contribution in [2.75, 3.05) is 11.9 Å². The second-order valence-corrected chi connectivity index (χ2v) is 9.37. The van der Waals surface area contributed by atoms with E-state index in [0.717, 1.165) is 28.3 Å². The minimum Gasteiger partial charge on any atom is -0.484 e. The Kier molecular flexibility index (Phi) is 7.52. The zero-order chi connectivity index (χ0) is 24.1. The summed E-state index contributed by atoms with van der Waals surface area (Å²) in [6.07, 6.45) is 0. The molecule has 1 aliphatic rings. The standard InChI is InChI=1S/C25H27FN4O3S/c1-16(2)18-5-9-20(10-6-18)33-13-24(32)28-25-21-14-34-15-22(21)29-30(25)12-23(31)27-11-17-3-7-19(26)8-4-17/h3-10,16H,11-15H2,1-2H3,(H,27,31)(H,28,32). The van der Waals surface area contributed by atoms with Gasteiger partial charge in [0.1, 0.15) is 23.9 Å². The molecule has 2 heterocycles. The van der Waals surface area contributed by atoms with Gasteiger partial charge in [0.2, 0.25) is 5.91 Å². The molecule has 2 N–H and O–H groups in total. The normalized spacial score (nSPS) is 12.5. The van der Waals surface area contributed by atoms with Crippen LogP contribution in [0, 0.1) is 5.82 Å². The molecule has 0 atom stereocenters. The Morgan fingerprint density at radius 3 is 2.53 bits per heavy atom. The predicted molar refractivity (Wildman–Crippen MR) is 130 cm³/mol. The molecule has 0 saturated carbocycles. The van der Waals surface area contributed by atoms with Crippen molar-refractivity contribution >= 4 is 29.4 Å². The summed E-state index contributed by atoms with van der Waals surface area (Å²) in [7, 11) is 0. The molecule has 0 spiro atoms. The first-order valence-electron chi connectivity index (χ1n) is 11.1. The van der Waals surface area contributed by atoms with E-state index in [0.29, 0.717) is 17.5 Å².